The average Bonchev–Trinajstić information content (AvgIpc) is 2.17. The van der Waals surface area contributed by atoms with Crippen LogP contribution in [-0.4, -0.2) is 17.9 Å². The molecule has 14 heavy (non-hydrogen) atoms. The van der Waals surface area contributed by atoms with Crippen molar-refractivity contribution >= 4 is 11.8 Å². The van der Waals surface area contributed by atoms with E-state index in [-0.39, 0.29) is 5.91 Å². The molecule has 3 N–H and O–H groups in total. The second kappa shape index (κ2) is 3.14. The summed E-state index contributed by atoms with van der Waals surface area (Å²) in [6.45, 7) is 0. The van der Waals surface area contributed by atoms with E-state index in [9.17, 15) is 9.59 Å². The molecular weight excluding hydrogens is 180 g/mol. The summed E-state index contributed by atoms with van der Waals surface area (Å²) in [6.07, 6.45) is 0.463. The average molecular weight is 189 g/mol. The smallest absolute Gasteiger partial charge is 0.252 e. The number of nitrogens with two attached hydrogens (primary N) is 1. The van der Waals surface area contributed by atoms with Crippen LogP contribution in [0.1, 0.15) is 15.9 Å². The van der Waals surface area contributed by atoms with Gasteiger partial charge in [0, 0.05) is 12.0 Å². The monoisotopic (exact) mass is 189 g/mol. The summed E-state index contributed by atoms with van der Waals surface area (Å²) >= 11 is 0. The highest BCUT2D eigenvalue weighted by Crippen LogP contribution is 2.15. The third-order valence-corrected chi connectivity index (χ3v) is 2.27. The van der Waals surface area contributed by atoms with Crippen LogP contribution in [0.15, 0.2) is 18.2 Å². The lowest BCUT2D eigenvalue weighted by molar-refractivity contribution is -0.119. The highest BCUT2D eigenvalue weighted by Gasteiger charge is 2.26. The molecular formula is C10H9N2O2. The molecule has 1 atom stereocenters. The van der Waals surface area contributed by atoms with E-state index < -0.39 is 11.9 Å². The van der Waals surface area contributed by atoms with Gasteiger partial charge >= 0.3 is 0 Å². The maximum Gasteiger partial charge on any atom is 0.252 e. The van der Waals surface area contributed by atoms with Crippen LogP contribution in [0.4, 0.5) is 0 Å². The van der Waals surface area contributed by atoms with Gasteiger partial charge in [0.2, 0.25) is 5.91 Å². The molecule has 1 aliphatic rings. The van der Waals surface area contributed by atoms with E-state index in [0.717, 1.165) is 5.56 Å². The second-order valence-corrected chi connectivity index (χ2v) is 3.22. The number of amides is 2. The second-order valence-electron chi connectivity index (χ2n) is 3.22. The van der Waals surface area contributed by atoms with Crippen molar-refractivity contribution < 1.29 is 9.59 Å². The predicted octanol–water partition coefficient (Wildman–Crippen LogP) is -0.373. The fraction of sp³-hybridized carbons (Fsp3) is 0.200. The number of hydrogen-bond acceptors (Lipinski definition) is 2. The Morgan fingerprint density at radius 1 is 1.64 bits per heavy atom. The molecule has 0 aromatic heterocycles. The molecule has 0 spiro atoms. The number of hydrogen-bond donors (Lipinski definition) is 2. The van der Waals surface area contributed by atoms with Crippen LogP contribution in [0.3, 0.4) is 0 Å². The van der Waals surface area contributed by atoms with Crippen LogP contribution in [0.25, 0.3) is 0 Å². The van der Waals surface area contributed by atoms with Gasteiger partial charge in [0.25, 0.3) is 5.91 Å². The number of nitrogens with one attached hydrogen (secondary N) is 1. The fourth-order valence-corrected chi connectivity index (χ4v) is 1.53. The molecule has 1 aliphatic heterocycles. The van der Waals surface area contributed by atoms with E-state index in [1.807, 2.05) is 0 Å². The minimum absolute atomic E-state index is 0.257. The van der Waals surface area contributed by atoms with Gasteiger partial charge in [-0.3, -0.25) is 9.59 Å². The molecule has 0 aliphatic carbocycles. The Morgan fingerprint density at radius 2 is 2.43 bits per heavy atom. The van der Waals surface area contributed by atoms with Crippen molar-refractivity contribution in [2.24, 2.45) is 5.73 Å². The number of carbonyl (C=O) groups excluding carboxylic acids is 2. The maximum absolute atomic E-state index is 11.5. The summed E-state index contributed by atoms with van der Waals surface area (Å²) in [5.41, 5.74) is 6.54. The molecule has 2 amide bonds. The zero-order chi connectivity index (χ0) is 10.1. The summed E-state index contributed by atoms with van der Waals surface area (Å²) in [7, 11) is 0. The summed E-state index contributed by atoms with van der Waals surface area (Å²) < 4.78 is 0. The van der Waals surface area contributed by atoms with Crippen molar-refractivity contribution in [2.45, 2.75) is 12.5 Å². The zero-order valence-electron chi connectivity index (χ0n) is 7.41. The topological polar surface area (TPSA) is 72.2 Å². The minimum atomic E-state index is -0.586. The van der Waals surface area contributed by atoms with Crippen LogP contribution < -0.4 is 11.1 Å². The predicted molar refractivity (Wildman–Crippen MR) is 49.4 cm³/mol. The third-order valence-electron chi connectivity index (χ3n) is 2.27. The fourth-order valence-electron chi connectivity index (χ4n) is 1.53. The third kappa shape index (κ3) is 1.35. The first kappa shape index (κ1) is 8.74. The van der Waals surface area contributed by atoms with Gasteiger partial charge in [0.1, 0.15) is 6.04 Å². The first-order chi connectivity index (χ1) is 6.68. The molecule has 0 bridgehead atoms. The molecule has 0 saturated heterocycles. The number of benzene rings is 1. The first-order valence-electron chi connectivity index (χ1n) is 4.27. The van der Waals surface area contributed by atoms with Crippen molar-refractivity contribution in [1.29, 1.82) is 0 Å². The summed E-state index contributed by atoms with van der Waals surface area (Å²) in [5, 5.41) is 2.54. The zero-order valence-corrected chi connectivity index (χ0v) is 7.41. The highest BCUT2D eigenvalue weighted by molar-refractivity contribution is 6.00. The van der Waals surface area contributed by atoms with E-state index in [1.165, 1.54) is 0 Å². The standard InChI is InChI=1S/C10H9N2O2/c11-9(13)8-5-6-3-1-2-4-7(6)10(14)12-8/h1,3-4,8H,5H2,(H2,11,13)(H,12,14). The van der Waals surface area contributed by atoms with Crippen molar-refractivity contribution in [1.82, 2.24) is 5.32 Å². The van der Waals surface area contributed by atoms with Gasteiger partial charge < -0.3 is 11.1 Å². The Morgan fingerprint density at radius 3 is 3.14 bits per heavy atom. The maximum atomic E-state index is 11.5. The lowest BCUT2D eigenvalue weighted by atomic mass is 9.95. The van der Waals surface area contributed by atoms with Gasteiger partial charge in [-0.15, -0.1) is 0 Å². The van der Waals surface area contributed by atoms with E-state index in [1.54, 1.807) is 18.2 Å². The van der Waals surface area contributed by atoms with Gasteiger partial charge in [0.15, 0.2) is 0 Å². The molecule has 1 aromatic rings. The molecule has 1 unspecified atom stereocenters. The van der Waals surface area contributed by atoms with Gasteiger partial charge in [-0.2, -0.15) is 0 Å². The molecule has 0 fully saturated rings. The molecule has 71 valence electrons. The van der Waals surface area contributed by atoms with Crippen LogP contribution in [0.2, 0.25) is 0 Å². The van der Waals surface area contributed by atoms with Crippen LogP contribution >= 0.6 is 0 Å². The van der Waals surface area contributed by atoms with Gasteiger partial charge in [-0.1, -0.05) is 12.1 Å². The summed E-state index contributed by atoms with van der Waals surface area (Å²) in [5.74, 6) is -0.760. The van der Waals surface area contributed by atoms with Crippen LogP contribution in [-0.2, 0) is 11.2 Å². The molecule has 0 saturated carbocycles. The van der Waals surface area contributed by atoms with Crippen LogP contribution in [0.5, 0.6) is 0 Å². The van der Waals surface area contributed by atoms with E-state index in [2.05, 4.69) is 11.4 Å². The molecule has 1 heterocycles. The SMILES string of the molecule is NC(=O)C1Cc2cc[c]cc2C(=O)N1. The number of rotatable bonds is 1. The van der Waals surface area contributed by atoms with Crippen molar-refractivity contribution in [3.63, 3.8) is 0 Å². The summed E-state index contributed by atoms with van der Waals surface area (Å²) in [4.78, 5) is 22.4. The first-order valence-corrected chi connectivity index (χ1v) is 4.27. The Kier molecular flexibility index (Phi) is 1.96. The molecule has 1 radical (unpaired) electrons. The Labute approximate surface area is 81.1 Å². The summed E-state index contributed by atoms with van der Waals surface area (Å²) in [6, 6.07) is 7.34. The Hall–Kier alpha value is -1.84. The van der Waals surface area contributed by atoms with Gasteiger partial charge in [0.05, 0.1) is 0 Å². The van der Waals surface area contributed by atoms with E-state index in [4.69, 9.17) is 5.73 Å². The van der Waals surface area contributed by atoms with Gasteiger partial charge in [-0.25, -0.2) is 0 Å². The largest absolute Gasteiger partial charge is 0.368 e. The highest BCUT2D eigenvalue weighted by atomic mass is 16.2. The molecule has 4 heteroatoms. The van der Waals surface area contributed by atoms with Crippen LogP contribution in [0, 0.1) is 6.07 Å². The minimum Gasteiger partial charge on any atom is -0.368 e. The molecule has 1 aromatic carbocycles. The van der Waals surface area contributed by atoms with Crippen molar-refractivity contribution in [3.8, 4) is 0 Å². The van der Waals surface area contributed by atoms with E-state index >= 15 is 0 Å². The number of fused-ring (bicyclic) bond motifs is 1. The molecule has 2 rings (SSSR count). The normalized spacial score (nSPS) is 19.7. The lowest BCUT2D eigenvalue weighted by Crippen LogP contribution is -2.49. The Balaban J connectivity index is 2.38. The van der Waals surface area contributed by atoms with Gasteiger partial charge in [-0.05, 0) is 17.7 Å². The van der Waals surface area contributed by atoms with Crippen molar-refractivity contribution in [3.05, 3.63) is 35.4 Å². The van der Waals surface area contributed by atoms with E-state index in [0.29, 0.717) is 12.0 Å². The molecule has 4 nitrogen and oxygen atoms in total. The Bertz CT molecular complexity index is 401. The number of carbonyl (C=O) groups is 2. The number of primary amides is 1. The lowest BCUT2D eigenvalue weighted by Gasteiger charge is -2.22. The van der Waals surface area contributed by atoms with Crippen molar-refractivity contribution in [2.75, 3.05) is 0 Å². The quantitative estimate of drug-likeness (QED) is 0.632.